The first-order valence-electron chi connectivity index (χ1n) is 8.74. The van der Waals surface area contributed by atoms with E-state index in [9.17, 15) is 4.79 Å². The van der Waals surface area contributed by atoms with E-state index in [2.05, 4.69) is 59.1 Å². The van der Waals surface area contributed by atoms with Crippen molar-refractivity contribution in [1.82, 2.24) is 14.3 Å². The van der Waals surface area contributed by atoms with Crippen LogP contribution in [0.4, 0.5) is 0 Å². The van der Waals surface area contributed by atoms with Crippen molar-refractivity contribution in [3.63, 3.8) is 0 Å². The van der Waals surface area contributed by atoms with Gasteiger partial charge in [0.1, 0.15) is 4.47 Å². The number of benzene rings is 2. The monoisotopic (exact) mass is 413 g/mol. The van der Waals surface area contributed by atoms with E-state index in [1.807, 2.05) is 48.1 Å². The van der Waals surface area contributed by atoms with E-state index in [0.29, 0.717) is 16.9 Å². The van der Waals surface area contributed by atoms with Crippen LogP contribution in [0.15, 0.2) is 69.9 Å². The first-order chi connectivity index (χ1) is 12.5. The molecule has 1 atom stereocenters. The predicted octanol–water partition coefficient (Wildman–Crippen LogP) is 4.17. The zero-order valence-electron chi connectivity index (χ0n) is 15.4. The average molecular weight is 414 g/mol. The summed E-state index contributed by atoms with van der Waals surface area (Å²) < 4.78 is 4.27. The summed E-state index contributed by atoms with van der Waals surface area (Å²) >= 11 is 3.51. The third-order valence-electron chi connectivity index (χ3n) is 4.70. The number of hydrogen-bond acceptors (Lipinski definition) is 2. The Labute approximate surface area is 162 Å². The van der Waals surface area contributed by atoms with Crippen LogP contribution in [0, 0.1) is 0 Å². The fourth-order valence-electron chi connectivity index (χ4n) is 3.32. The Morgan fingerprint density at radius 1 is 1.04 bits per heavy atom. The van der Waals surface area contributed by atoms with Crippen LogP contribution in [-0.2, 0) is 13.6 Å². The summed E-state index contributed by atoms with van der Waals surface area (Å²) in [5.74, 6) is 0.424. The summed E-state index contributed by atoms with van der Waals surface area (Å²) in [4.78, 5) is 15.0. The third-order valence-corrected chi connectivity index (χ3v) is 5.50. The molecule has 0 amide bonds. The zero-order chi connectivity index (χ0) is 18.7. The van der Waals surface area contributed by atoms with Gasteiger partial charge in [-0.2, -0.15) is 0 Å². The summed E-state index contributed by atoms with van der Waals surface area (Å²) in [6.45, 7) is 3.85. The molecule has 5 heteroatoms. The van der Waals surface area contributed by atoms with Crippen LogP contribution in [0.3, 0.4) is 0 Å². The molecular formula is C21H24BrN3O. The Bertz CT molecular complexity index is 916. The highest BCUT2D eigenvalue weighted by molar-refractivity contribution is 9.10. The molecule has 0 aliphatic rings. The lowest BCUT2D eigenvalue weighted by Gasteiger charge is -2.22. The average Bonchev–Trinajstić information content (AvgIpc) is 2.86. The van der Waals surface area contributed by atoms with Crippen LogP contribution in [0.5, 0.6) is 0 Å². The van der Waals surface area contributed by atoms with Crippen molar-refractivity contribution < 1.29 is 0 Å². The van der Waals surface area contributed by atoms with E-state index in [4.69, 9.17) is 0 Å². The predicted molar refractivity (Wildman–Crippen MR) is 110 cm³/mol. The fraction of sp³-hybridized carbons (Fsp3) is 0.286. The molecule has 0 radical (unpaired) electrons. The molecule has 1 unspecified atom stereocenters. The van der Waals surface area contributed by atoms with Crippen molar-refractivity contribution in [2.45, 2.75) is 19.4 Å². The van der Waals surface area contributed by atoms with Gasteiger partial charge in [0, 0.05) is 20.1 Å². The van der Waals surface area contributed by atoms with Crippen LogP contribution < -0.4 is 5.56 Å². The molecule has 136 valence electrons. The lowest BCUT2D eigenvalue weighted by molar-refractivity contribution is 0.299. The Morgan fingerprint density at radius 2 is 1.62 bits per heavy atom. The number of halogens is 1. The van der Waals surface area contributed by atoms with Gasteiger partial charge >= 0.3 is 0 Å². The van der Waals surface area contributed by atoms with Gasteiger partial charge in [0.25, 0.3) is 5.56 Å². The van der Waals surface area contributed by atoms with Crippen LogP contribution in [0.1, 0.15) is 24.1 Å². The summed E-state index contributed by atoms with van der Waals surface area (Å²) in [7, 11) is 4.03. The first kappa shape index (κ1) is 18.7. The molecule has 0 saturated heterocycles. The number of nitrogens with zero attached hydrogens (tertiary/aromatic N) is 3. The van der Waals surface area contributed by atoms with E-state index in [1.54, 1.807) is 4.68 Å². The fourth-order valence-corrected chi connectivity index (χ4v) is 3.87. The van der Waals surface area contributed by atoms with Gasteiger partial charge in [-0.3, -0.25) is 14.4 Å². The highest BCUT2D eigenvalue weighted by atomic mass is 79.9. The summed E-state index contributed by atoms with van der Waals surface area (Å²) in [5.41, 5.74) is 3.14. The largest absolute Gasteiger partial charge is 0.300 e. The van der Waals surface area contributed by atoms with Crippen molar-refractivity contribution in [1.29, 1.82) is 0 Å². The maximum Gasteiger partial charge on any atom is 0.286 e. The van der Waals surface area contributed by atoms with Crippen LogP contribution in [-0.4, -0.2) is 27.9 Å². The Kier molecular flexibility index (Phi) is 5.79. The minimum Gasteiger partial charge on any atom is -0.300 e. The van der Waals surface area contributed by atoms with Crippen LogP contribution in [0.2, 0.25) is 0 Å². The van der Waals surface area contributed by atoms with Crippen molar-refractivity contribution in [3.8, 4) is 5.69 Å². The second kappa shape index (κ2) is 8.06. The second-order valence-corrected chi connectivity index (χ2v) is 7.54. The second-order valence-electron chi connectivity index (χ2n) is 6.75. The van der Waals surface area contributed by atoms with E-state index in [0.717, 1.165) is 17.9 Å². The minimum absolute atomic E-state index is 0.0294. The molecule has 0 bridgehead atoms. The molecule has 0 spiro atoms. The quantitative estimate of drug-likeness (QED) is 0.606. The van der Waals surface area contributed by atoms with Gasteiger partial charge in [-0.25, -0.2) is 4.68 Å². The molecule has 0 aliphatic heterocycles. The standard InChI is InChI=1S/C21H24BrN3O/c1-16(17-10-6-4-7-11-17)14-23(2)15-19-20(22)21(26)25(24(19)3)18-12-8-5-9-13-18/h4-13,16H,14-15H2,1-3H3. The highest BCUT2D eigenvalue weighted by Crippen LogP contribution is 2.20. The summed E-state index contributed by atoms with van der Waals surface area (Å²) in [6, 6.07) is 20.2. The summed E-state index contributed by atoms with van der Waals surface area (Å²) in [5, 5.41) is 0. The molecule has 0 aliphatic carbocycles. The molecule has 4 nitrogen and oxygen atoms in total. The molecule has 3 rings (SSSR count). The number of likely N-dealkylation sites (N-methyl/N-ethyl adjacent to an activating group) is 1. The van der Waals surface area contributed by atoms with Gasteiger partial charge in [-0.05, 0) is 46.6 Å². The normalized spacial score (nSPS) is 12.5. The number of para-hydroxylation sites is 1. The topological polar surface area (TPSA) is 30.2 Å². The molecule has 26 heavy (non-hydrogen) atoms. The lowest BCUT2D eigenvalue weighted by atomic mass is 10.0. The number of aromatic nitrogens is 2. The van der Waals surface area contributed by atoms with Gasteiger partial charge in [0.15, 0.2) is 0 Å². The third kappa shape index (κ3) is 3.84. The summed E-state index contributed by atoms with van der Waals surface area (Å²) in [6.07, 6.45) is 0. The van der Waals surface area contributed by atoms with Gasteiger partial charge in [-0.1, -0.05) is 55.5 Å². The Hall–Kier alpha value is -2.11. The van der Waals surface area contributed by atoms with Gasteiger partial charge in [0.2, 0.25) is 0 Å². The first-order valence-corrected chi connectivity index (χ1v) is 9.53. The van der Waals surface area contributed by atoms with Gasteiger partial charge in [-0.15, -0.1) is 0 Å². The molecule has 1 aromatic heterocycles. The number of rotatable bonds is 6. The molecule has 2 aromatic carbocycles. The number of hydrogen-bond donors (Lipinski definition) is 0. The molecule has 0 saturated carbocycles. The maximum atomic E-state index is 12.7. The Balaban J connectivity index is 1.81. The van der Waals surface area contributed by atoms with E-state index >= 15 is 0 Å². The lowest BCUT2D eigenvalue weighted by Crippen LogP contribution is -2.25. The van der Waals surface area contributed by atoms with Gasteiger partial charge < -0.3 is 0 Å². The zero-order valence-corrected chi connectivity index (χ0v) is 17.0. The van der Waals surface area contributed by atoms with E-state index in [-0.39, 0.29) is 5.56 Å². The highest BCUT2D eigenvalue weighted by Gasteiger charge is 2.19. The Morgan fingerprint density at radius 3 is 2.23 bits per heavy atom. The van der Waals surface area contributed by atoms with Crippen molar-refractivity contribution >= 4 is 15.9 Å². The van der Waals surface area contributed by atoms with E-state index < -0.39 is 0 Å². The molecule has 3 aromatic rings. The van der Waals surface area contributed by atoms with Crippen molar-refractivity contribution in [2.75, 3.05) is 13.6 Å². The SMILES string of the molecule is CC(CN(C)Cc1c(Br)c(=O)n(-c2ccccc2)n1C)c1ccccc1. The van der Waals surface area contributed by atoms with E-state index in [1.165, 1.54) is 5.56 Å². The van der Waals surface area contributed by atoms with Crippen molar-refractivity contribution in [2.24, 2.45) is 7.05 Å². The maximum absolute atomic E-state index is 12.7. The van der Waals surface area contributed by atoms with Crippen molar-refractivity contribution in [3.05, 3.63) is 86.7 Å². The van der Waals surface area contributed by atoms with Gasteiger partial charge in [0.05, 0.1) is 11.4 Å². The van der Waals surface area contributed by atoms with Crippen LogP contribution in [0.25, 0.3) is 5.69 Å². The van der Waals surface area contributed by atoms with Crippen LogP contribution >= 0.6 is 15.9 Å². The molecular weight excluding hydrogens is 390 g/mol. The minimum atomic E-state index is -0.0294. The molecule has 1 heterocycles. The molecule has 0 N–H and O–H groups in total. The smallest absolute Gasteiger partial charge is 0.286 e. The molecule has 0 fully saturated rings.